The van der Waals surface area contributed by atoms with Crippen LogP contribution in [-0.2, 0) is 4.79 Å². The van der Waals surface area contributed by atoms with Crippen molar-refractivity contribution < 1.29 is 4.79 Å². The number of amides is 1. The molecule has 1 amide bonds. The Balaban J connectivity index is 2.33. The molecular weight excluding hydrogens is 212 g/mol. The maximum atomic E-state index is 12.5. The highest BCUT2D eigenvalue weighted by Gasteiger charge is 2.45. The Kier molecular flexibility index (Phi) is 3.13. The average molecular weight is 234 g/mol. The van der Waals surface area contributed by atoms with E-state index in [1.54, 1.807) is 0 Å². The summed E-state index contributed by atoms with van der Waals surface area (Å²) in [4.78, 5) is 14.5. The summed E-state index contributed by atoms with van der Waals surface area (Å²) in [5.74, 6) is 0.233. The highest BCUT2D eigenvalue weighted by Crippen LogP contribution is 2.41. The van der Waals surface area contributed by atoms with Crippen LogP contribution in [0, 0.1) is 5.41 Å². The normalized spacial score (nSPS) is 25.6. The molecule has 0 aliphatic carbocycles. The number of nitrogens with zero attached hydrogens (tertiary/aromatic N) is 1. The summed E-state index contributed by atoms with van der Waals surface area (Å²) in [5, 5.41) is 3.34. The maximum Gasteiger partial charge on any atom is 0.237 e. The van der Waals surface area contributed by atoms with Crippen LogP contribution in [0.1, 0.15) is 33.6 Å². The molecule has 0 aromatic rings. The predicted octanol–water partition coefficient (Wildman–Crippen LogP) is 2.07. The Morgan fingerprint density at radius 3 is 2.53 bits per heavy atom. The van der Waals surface area contributed by atoms with E-state index < -0.39 is 0 Å². The van der Waals surface area contributed by atoms with Crippen molar-refractivity contribution in [1.29, 1.82) is 0 Å². The van der Waals surface area contributed by atoms with Gasteiger partial charge in [-0.3, -0.25) is 4.79 Å². The summed E-state index contributed by atoms with van der Waals surface area (Å²) >= 11 is 0. The Labute approximate surface area is 104 Å². The molecule has 94 valence electrons. The lowest BCUT2D eigenvalue weighted by Gasteiger charge is -2.34. The lowest BCUT2D eigenvalue weighted by Crippen LogP contribution is -2.45. The van der Waals surface area contributed by atoms with Gasteiger partial charge in [-0.05, 0) is 58.4 Å². The lowest BCUT2D eigenvalue weighted by molar-refractivity contribution is -0.136. The number of allylic oxidation sites excluding steroid dienone is 1. The minimum Gasteiger partial charge on any atom is -0.317 e. The van der Waals surface area contributed by atoms with E-state index in [9.17, 15) is 4.79 Å². The van der Waals surface area contributed by atoms with Crippen LogP contribution >= 0.6 is 0 Å². The van der Waals surface area contributed by atoms with Gasteiger partial charge in [0.05, 0.1) is 5.41 Å². The second-order valence-corrected chi connectivity index (χ2v) is 5.50. The van der Waals surface area contributed by atoms with Crippen molar-refractivity contribution in [3.8, 4) is 0 Å². The van der Waals surface area contributed by atoms with E-state index in [2.05, 4.69) is 18.8 Å². The predicted molar refractivity (Wildman–Crippen MR) is 69.4 cm³/mol. The van der Waals surface area contributed by atoms with Crippen molar-refractivity contribution in [2.45, 2.75) is 39.7 Å². The summed E-state index contributed by atoms with van der Waals surface area (Å²) in [6.07, 6.45) is 3.91. The zero-order valence-corrected chi connectivity index (χ0v) is 11.0. The fourth-order valence-corrected chi connectivity index (χ4v) is 2.75. The maximum absolute atomic E-state index is 12.5. The molecule has 2 rings (SSSR count). The fraction of sp³-hybridized carbons (Fsp3) is 0.643. The standard InChI is InChI=1S/C14H22N2O/c1-5-12-10(2)14(3,4)13(17)16(12)11-6-8-15-9-7-11/h5,11,15H,1,6-9H2,2-4H3. The van der Waals surface area contributed by atoms with Crippen molar-refractivity contribution in [1.82, 2.24) is 10.2 Å². The van der Waals surface area contributed by atoms with Crippen molar-refractivity contribution in [3.05, 3.63) is 23.9 Å². The van der Waals surface area contributed by atoms with Crippen molar-refractivity contribution >= 4 is 5.91 Å². The van der Waals surface area contributed by atoms with E-state index in [0.717, 1.165) is 37.2 Å². The van der Waals surface area contributed by atoms with Gasteiger partial charge in [-0.1, -0.05) is 6.58 Å². The molecule has 2 aliphatic rings. The number of hydrogen-bond donors (Lipinski definition) is 1. The second kappa shape index (κ2) is 4.30. The van der Waals surface area contributed by atoms with Crippen molar-refractivity contribution in [3.63, 3.8) is 0 Å². The topological polar surface area (TPSA) is 32.3 Å². The third kappa shape index (κ3) is 1.82. The Hall–Kier alpha value is -1.09. The number of nitrogens with one attached hydrogen (secondary N) is 1. The van der Waals surface area contributed by atoms with E-state index in [1.165, 1.54) is 0 Å². The van der Waals surface area contributed by atoms with Crippen LogP contribution in [0.3, 0.4) is 0 Å². The van der Waals surface area contributed by atoms with Gasteiger partial charge >= 0.3 is 0 Å². The van der Waals surface area contributed by atoms with Crippen LogP contribution < -0.4 is 5.32 Å². The molecule has 2 heterocycles. The zero-order chi connectivity index (χ0) is 12.6. The number of carbonyl (C=O) groups is 1. The minimum absolute atomic E-state index is 0.233. The van der Waals surface area contributed by atoms with Crippen LogP contribution in [-0.4, -0.2) is 29.9 Å². The molecule has 2 aliphatic heterocycles. The quantitative estimate of drug-likeness (QED) is 0.793. The third-order valence-corrected chi connectivity index (χ3v) is 4.20. The monoisotopic (exact) mass is 234 g/mol. The van der Waals surface area contributed by atoms with Gasteiger partial charge in [0.25, 0.3) is 0 Å². The second-order valence-electron chi connectivity index (χ2n) is 5.50. The van der Waals surface area contributed by atoms with Crippen LogP contribution in [0.4, 0.5) is 0 Å². The van der Waals surface area contributed by atoms with Crippen LogP contribution in [0.2, 0.25) is 0 Å². The number of piperidine rings is 1. The molecule has 0 bridgehead atoms. The number of carbonyl (C=O) groups excluding carboxylic acids is 1. The molecular formula is C14H22N2O. The molecule has 0 aromatic carbocycles. The van der Waals surface area contributed by atoms with Gasteiger partial charge in [0.1, 0.15) is 0 Å². The Bertz CT molecular complexity index is 376. The van der Waals surface area contributed by atoms with Crippen LogP contribution in [0.5, 0.6) is 0 Å². The Morgan fingerprint density at radius 1 is 1.41 bits per heavy atom. The molecule has 0 saturated carbocycles. The average Bonchev–Trinajstić information content (AvgIpc) is 2.51. The van der Waals surface area contributed by atoms with Crippen LogP contribution in [0.25, 0.3) is 0 Å². The summed E-state index contributed by atoms with van der Waals surface area (Å²) in [7, 11) is 0. The molecule has 0 aromatic heterocycles. The van der Waals surface area contributed by atoms with Gasteiger partial charge in [0.2, 0.25) is 5.91 Å². The van der Waals surface area contributed by atoms with Gasteiger partial charge in [-0.15, -0.1) is 0 Å². The van der Waals surface area contributed by atoms with Crippen LogP contribution in [0.15, 0.2) is 23.9 Å². The molecule has 3 heteroatoms. The highest BCUT2D eigenvalue weighted by atomic mass is 16.2. The first-order chi connectivity index (χ1) is 8.00. The van der Waals surface area contributed by atoms with Gasteiger partial charge in [-0.2, -0.15) is 0 Å². The summed E-state index contributed by atoms with van der Waals surface area (Å²) in [6, 6.07) is 0.341. The largest absolute Gasteiger partial charge is 0.317 e. The molecule has 1 N–H and O–H groups in total. The van der Waals surface area contributed by atoms with E-state index >= 15 is 0 Å². The number of rotatable bonds is 2. The molecule has 0 atom stereocenters. The smallest absolute Gasteiger partial charge is 0.237 e. The minimum atomic E-state index is -0.367. The molecule has 0 unspecified atom stereocenters. The molecule has 0 spiro atoms. The first-order valence-electron chi connectivity index (χ1n) is 6.38. The van der Waals surface area contributed by atoms with E-state index in [0.29, 0.717) is 6.04 Å². The van der Waals surface area contributed by atoms with E-state index in [-0.39, 0.29) is 11.3 Å². The molecule has 3 nitrogen and oxygen atoms in total. The molecule has 0 radical (unpaired) electrons. The number of hydrogen-bond acceptors (Lipinski definition) is 2. The van der Waals surface area contributed by atoms with Crippen molar-refractivity contribution in [2.24, 2.45) is 5.41 Å². The zero-order valence-electron chi connectivity index (χ0n) is 11.0. The van der Waals surface area contributed by atoms with Gasteiger partial charge in [0.15, 0.2) is 0 Å². The first kappa shape index (κ1) is 12.4. The third-order valence-electron chi connectivity index (χ3n) is 4.20. The van der Waals surface area contributed by atoms with Gasteiger partial charge in [0, 0.05) is 11.7 Å². The van der Waals surface area contributed by atoms with E-state index in [4.69, 9.17) is 0 Å². The molecule has 17 heavy (non-hydrogen) atoms. The van der Waals surface area contributed by atoms with Crippen molar-refractivity contribution in [2.75, 3.05) is 13.1 Å². The molecule has 1 saturated heterocycles. The fourth-order valence-electron chi connectivity index (χ4n) is 2.75. The van der Waals surface area contributed by atoms with Gasteiger partial charge < -0.3 is 10.2 Å². The summed E-state index contributed by atoms with van der Waals surface area (Å²) < 4.78 is 0. The highest BCUT2D eigenvalue weighted by molar-refractivity contribution is 5.91. The summed E-state index contributed by atoms with van der Waals surface area (Å²) in [5.41, 5.74) is 1.82. The van der Waals surface area contributed by atoms with Gasteiger partial charge in [-0.25, -0.2) is 0 Å². The first-order valence-corrected chi connectivity index (χ1v) is 6.38. The Morgan fingerprint density at radius 2 is 2.00 bits per heavy atom. The summed E-state index contributed by atoms with van der Waals surface area (Å²) in [6.45, 7) is 11.9. The van der Waals surface area contributed by atoms with E-state index in [1.807, 2.05) is 24.8 Å². The SMILES string of the molecule is C=CC1=C(C)C(C)(C)C(=O)N1C1CCNCC1. The molecule has 1 fully saturated rings. The lowest BCUT2D eigenvalue weighted by atomic mass is 9.86.